The third kappa shape index (κ3) is 2.57. The Morgan fingerprint density at radius 1 is 1.19 bits per heavy atom. The number of nitrogens with zero attached hydrogens (tertiary/aromatic N) is 1. The number of phenolic OH excluding ortho intramolecular Hbond substituents is 1. The molecule has 108 valence electrons. The van der Waals surface area contributed by atoms with Gasteiger partial charge in [0, 0.05) is 24.3 Å². The van der Waals surface area contributed by atoms with Crippen molar-refractivity contribution in [1.29, 1.82) is 0 Å². The number of benzene rings is 2. The lowest BCUT2D eigenvalue weighted by Crippen LogP contribution is -2.36. The number of hydrogen-bond donors (Lipinski definition) is 2. The summed E-state index contributed by atoms with van der Waals surface area (Å²) in [4.78, 5) is 14.4. The van der Waals surface area contributed by atoms with Gasteiger partial charge in [0.15, 0.2) is 0 Å². The predicted octanol–water partition coefficient (Wildman–Crippen LogP) is 2.48. The summed E-state index contributed by atoms with van der Waals surface area (Å²) in [7, 11) is 0. The molecule has 3 N–H and O–H groups in total. The monoisotopic (exact) mass is 282 g/mol. The molecule has 1 amide bonds. The molecule has 0 aromatic heterocycles. The molecule has 4 heteroatoms. The lowest BCUT2D eigenvalue weighted by molar-refractivity contribution is 0.0734. The van der Waals surface area contributed by atoms with E-state index >= 15 is 0 Å². The average Bonchev–Trinajstić information content (AvgIpc) is 2.48. The van der Waals surface area contributed by atoms with Crippen LogP contribution in [0.15, 0.2) is 36.4 Å². The average molecular weight is 282 g/mol. The molecular formula is C17H18N2O2. The lowest BCUT2D eigenvalue weighted by atomic mass is 9.98. The summed E-state index contributed by atoms with van der Waals surface area (Å²) in [6.45, 7) is 3.08. The first-order chi connectivity index (χ1) is 10.0. The number of rotatable bonds is 1. The highest BCUT2D eigenvalue weighted by Crippen LogP contribution is 2.24. The highest BCUT2D eigenvalue weighted by Gasteiger charge is 2.22. The minimum atomic E-state index is -0.00817. The minimum Gasteiger partial charge on any atom is -0.508 e. The molecule has 21 heavy (non-hydrogen) atoms. The van der Waals surface area contributed by atoms with E-state index in [2.05, 4.69) is 0 Å². The molecule has 1 aliphatic rings. The summed E-state index contributed by atoms with van der Waals surface area (Å²) in [6.07, 6.45) is 0.846. The number of aryl methyl sites for hydroxylation is 1. The Morgan fingerprint density at radius 3 is 2.76 bits per heavy atom. The van der Waals surface area contributed by atoms with Gasteiger partial charge in [-0.05, 0) is 60.4 Å². The normalized spacial score (nSPS) is 13.9. The van der Waals surface area contributed by atoms with E-state index < -0.39 is 0 Å². The first-order valence-electron chi connectivity index (χ1n) is 7.01. The number of carbonyl (C=O) groups is 1. The van der Waals surface area contributed by atoms with Crippen LogP contribution in [0.25, 0.3) is 0 Å². The van der Waals surface area contributed by atoms with E-state index in [9.17, 15) is 9.90 Å². The smallest absolute Gasteiger partial charge is 0.254 e. The van der Waals surface area contributed by atoms with Crippen molar-refractivity contribution in [2.45, 2.75) is 19.9 Å². The fourth-order valence-corrected chi connectivity index (χ4v) is 2.72. The minimum absolute atomic E-state index is 0.00817. The molecule has 2 aromatic rings. The molecule has 2 aromatic carbocycles. The Bertz CT molecular complexity index is 710. The molecule has 4 nitrogen and oxygen atoms in total. The summed E-state index contributed by atoms with van der Waals surface area (Å²) in [5.74, 6) is 0.203. The maximum atomic E-state index is 12.6. The molecule has 3 rings (SSSR count). The summed E-state index contributed by atoms with van der Waals surface area (Å²) in [5.41, 5.74) is 10.2. The Balaban J connectivity index is 1.85. The van der Waals surface area contributed by atoms with Gasteiger partial charge in [0.2, 0.25) is 0 Å². The van der Waals surface area contributed by atoms with Crippen LogP contribution in [-0.4, -0.2) is 22.5 Å². The topological polar surface area (TPSA) is 66.6 Å². The van der Waals surface area contributed by atoms with E-state index in [0.717, 1.165) is 17.7 Å². The van der Waals surface area contributed by atoms with Crippen LogP contribution in [0.4, 0.5) is 5.69 Å². The maximum Gasteiger partial charge on any atom is 0.254 e. The Labute approximate surface area is 123 Å². The number of carbonyl (C=O) groups excluding carboxylic acids is 1. The van der Waals surface area contributed by atoms with Crippen molar-refractivity contribution >= 4 is 11.6 Å². The second kappa shape index (κ2) is 5.13. The molecule has 0 fully saturated rings. The predicted molar refractivity (Wildman–Crippen MR) is 82.1 cm³/mol. The highest BCUT2D eigenvalue weighted by molar-refractivity contribution is 5.94. The van der Waals surface area contributed by atoms with Crippen LogP contribution < -0.4 is 5.73 Å². The first kappa shape index (κ1) is 13.5. The first-order valence-corrected chi connectivity index (χ1v) is 7.01. The number of nitrogen functional groups attached to an aromatic ring is 1. The fourth-order valence-electron chi connectivity index (χ4n) is 2.72. The third-order valence-electron chi connectivity index (χ3n) is 3.97. The van der Waals surface area contributed by atoms with Gasteiger partial charge in [0.25, 0.3) is 5.91 Å². The number of nitrogens with two attached hydrogens (primary N) is 1. The quantitative estimate of drug-likeness (QED) is 0.790. The van der Waals surface area contributed by atoms with Gasteiger partial charge in [-0.1, -0.05) is 6.07 Å². The van der Waals surface area contributed by atoms with Crippen LogP contribution in [0.5, 0.6) is 5.75 Å². The van der Waals surface area contributed by atoms with Gasteiger partial charge in [-0.2, -0.15) is 0 Å². The fraction of sp³-hybridized carbons (Fsp3) is 0.235. The molecular weight excluding hydrogens is 264 g/mol. The van der Waals surface area contributed by atoms with Gasteiger partial charge in [-0.15, -0.1) is 0 Å². The lowest BCUT2D eigenvalue weighted by Gasteiger charge is -2.29. The van der Waals surface area contributed by atoms with E-state index in [0.29, 0.717) is 24.2 Å². The number of hydrogen-bond acceptors (Lipinski definition) is 3. The van der Waals surface area contributed by atoms with E-state index in [1.165, 1.54) is 5.56 Å². The molecule has 0 spiro atoms. The summed E-state index contributed by atoms with van der Waals surface area (Å²) >= 11 is 0. The van der Waals surface area contributed by atoms with Gasteiger partial charge >= 0.3 is 0 Å². The van der Waals surface area contributed by atoms with Crippen LogP contribution in [-0.2, 0) is 13.0 Å². The molecule has 0 unspecified atom stereocenters. The van der Waals surface area contributed by atoms with Gasteiger partial charge in [0.1, 0.15) is 5.75 Å². The number of phenols is 1. The van der Waals surface area contributed by atoms with Crippen molar-refractivity contribution in [2.24, 2.45) is 0 Å². The Hall–Kier alpha value is -2.49. The van der Waals surface area contributed by atoms with Crippen molar-refractivity contribution in [2.75, 3.05) is 12.3 Å². The van der Waals surface area contributed by atoms with Crippen molar-refractivity contribution in [1.82, 2.24) is 4.90 Å². The van der Waals surface area contributed by atoms with Crippen LogP contribution in [0.2, 0.25) is 0 Å². The van der Waals surface area contributed by atoms with Crippen LogP contribution >= 0.6 is 0 Å². The summed E-state index contributed by atoms with van der Waals surface area (Å²) < 4.78 is 0. The number of fused-ring (bicyclic) bond motifs is 1. The number of amides is 1. The van der Waals surface area contributed by atoms with Gasteiger partial charge < -0.3 is 15.7 Å². The molecule has 0 bridgehead atoms. The van der Waals surface area contributed by atoms with E-state index in [1.807, 2.05) is 23.1 Å². The standard InChI is InChI=1S/C17H18N2O2/c1-11-8-13(3-5-16(11)20)17(21)19-7-6-12-2-4-15(18)9-14(12)10-19/h2-5,8-9,20H,6-7,10,18H2,1H3. The number of aromatic hydroxyl groups is 1. The summed E-state index contributed by atoms with van der Waals surface area (Å²) in [5, 5.41) is 9.56. The van der Waals surface area contributed by atoms with Gasteiger partial charge in [-0.3, -0.25) is 4.79 Å². The van der Waals surface area contributed by atoms with E-state index in [4.69, 9.17) is 5.73 Å². The highest BCUT2D eigenvalue weighted by atomic mass is 16.3. The maximum absolute atomic E-state index is 12.6. The van der Waals surface area contributed by atoms with Crippen molar-refractivity contribution in [3.63, 3.8) is 0 Å². The molecule has 0 atom stereocenters. The largest absolute Gasteiger partial charge is 0.508 e. The summed E-state index contributed by atoms with van der Waals surface area (Å²) in [6, 6.07) is 10.8. The van der Waals surface area contributed by atoms with Crippen LogP contribution in [0.1, 0.15) is 27.0 Å². The van der Waals surface area contributed by atoms with Crippen molar-refractivity contribution in [3.8, 4) is 5.75 Å². The molecule has 0 saturated carbocycles. The molecule has 0 radical (unpaired) electrons. The molecule has 1 aliphatic heterocycles. The van der Waals surface area contributed by atoms with E-state index in [-0.39, 0.29) is 11.7 Å². The van der Waals surface area contributed by atoms with Crippen LogP contribution in [0, 0.1) is 6.92 Å². The zero-order valence-electron chi connectivity index (χ0n) is 12.0. The molecule has 0 aliphatic carbocycles. The third-order valence-corrected chi connectivity index (χ3v) is 3.97. The zero-order chi connectivity index (χ0) is 15.0. The van der Waals surface area contributed by atoms with Gasteiger partial charge in [-0.25, -0.2) is 0 Å². The molecule has 1 heterocycles. The Kier molecular flexibility index (Phi) is 3.29. The Morgan fingerprint density at radius 2 is 2.00 bits per heavy atom. The van der Waals surface area contributed by atoms with Gasteiger partial charge in [0.05, 0.1) is 0 Å². The second-order valence-corrected chi connectivity index (χ2v) is 5.51. The van der Waals surface area contributed by atoms with Crippen molar-refractivity contribution < 1.29 is 9.90 Å². The van der Waals surface area contributed by atoms with E-state index in [1.54, 1.807) is 25.1 Å². The zero-order valence-corrected chi connectivity index (χ0v) is 12.0. The second-order valence-electron chi connectivity index (χ2n) is 5.51. The van der Waals surface area contributed by atoms with Crippen LogP contribution in [0.3, 0.4) is 0 Å². The van der Waals surface area contributed by atoms with Crippen molar-refractivity contribution in [3.05, 3.63) is 58.7 Å². The SMILES string of the molecule is Cc1cc(C(=O)N2CCc3ccc(N)cc3C2)ccc1O. The number of anilines is 1. The molecule has 0 saturated heterocycles.